The van der Waals surface area contributed by atoms with Crippen LogP contribution in [0.2, 0.25) is 0 Å². The highest BCUT2D eigenvalue weighted by Crippen LogP contribution is 2.44. The molecule has 1 aromatic rings. The fourth-order valence-corrected chi connectivity index (χ4v) is 2.35. The van der Waals surface area contributed by atoms with E-state index in [0.29, 0.717) is 5.82 Å². The van der Waals surface area contributed by atoms with Gasteiger partial charge >= 0.3 is 0 Å². The number of nitrogens with zero attached hydrogens (tertiary/aromatic N) is 1. The minimum Gasteiger partial charge on any atom is -0.385 e. The van der Waals surface area contributed by atoms with E-state index in [0.717, 1.165) is 24.8 Å². The summed E-state index contributed by atoms with van der Waals surface area (Å²) in [5, 5.41) is 10.5. The Morgan fingerprint density at radius 3 is 3.00 bits per heavy atom. The van der Waals surface area contributed by atoms with E-state index in [4.69, 9.17) is 5.73 Å². The van der Waals surface area contributed by atoms with Crippen LogP contribution in [-0.4, -0.2) is 10.1 Å². The highest BCUT2D eigenvalue weighted by molar-refractivity contribution is 5.43. The van der Waals surface area contributed by atoms with Gasteiger partial charge in [0.05, 0.1) is 5.60 Å². The Hall–Kier alpha value is -1.09. The largest absolute Gasteiger partial charge is 0.385 e. The maximum absolute atomic E-state index is 10.5. The third-order valence-electron chi connectivity index (χ3n) is 3.32. The molecule has 0 bridgehead atoms. The molecular weight excluding hydrogens is 176 g/mol. The van der Waals surface area contributed by atoms with Crippen LogP contribution in [0.3, 0.4) is 0 Å². The lowest BCUT2D eigenvalue weighted by Gasteiger charge is -2.28. The van der Waals surface area contributed by atoms with Crippen LogP contribution in [0.1, 0.15) is 31.7 Å². The maximum atomic E-state index is 10.5. The first kappa shape index (κ1) is 9.46. The normalized spacial score (nSPS) is 32.0. The first-order valence-corrected chi connectivity index (χ1v) is 5.08. The zero-order valence-electron chi connectivity index (χ0n) is 8.40. The number of anilines is 1. The Morgan fingerprint density at radius 1 is 1.64 bits per heavy atom. The minimum atomic E-state index is -0.752. The summed E-state index contributed by atoms with van der Waals surface area (Å²) in [6, 6.07) is 3.71. The Bertz CT molecular complexity index is 340. The van der Waals surface area contributed by atoms with Gasteiger partial charge in [-0.05, 0) is 31.2 Å². The van der Waals surface area contributed by atoms with E-state index in [1.54, 1.807) is 6.20 Å². The maximum Gasteiger partial charge on any atom is 0.129 e. The molecule has 76 valence electrons. The second-order valence-electron chi connectivity index (χ2n) is 4.15. The number of hydrogen-bond acceptors (Lipinski definition) is 3. The molecule has 0 aliphatic heterocycles. The van der Waals surface area contributed by atoms with Crippen LogP contribution >= 0.6 is 0 Å². The predicted molar refractivity (Wildman–Crippen MR) is 55.6 cm³/mol. The van der Waals surface area contributed by atoms with Crippen LogP contribution in [0.25, 0.3) is 0 Å². The summed E-state index contributed by atoms with van der Waals surface area (Å²) in [4.78, 5) is 4.02. The zero-order chi connectivity index (χ0) is 10.2. The van der Waals surface area contributed by atoms with Crippen LogP contribution in [0.4, 0.5) is 5.82 Å². The van der Waals surface area contributed by atoms with E-state index in [1.807, 2.05) is 12.1 Å². The number of aromatic nitrogens is 1. The lowest BCUT2D eigenvalue weighted by molar-refractivity contribution is 0.00497. The van der Waals surface area contributed by atoms with Gasteiger partial charge in [0.2, 0.25) is 0 Å². The van der Waals surface area contributed by atoms with Crippen molar-refractivity contribution in [3.05, 3.63) is 23.9 Å². The molecule has 2 unspecified atom stereocenters. The van der Waals surface area contributed by atoms with E-state index < -0.39 is 5.60 Å². The number of aliphatic hydroxyl groups is 1. The average Bonchev–Trinajstić information content (AvgIpc) is 2.49. The van der Waals surface area contributed by atoms with E-state index >= 15 is 0 Å². The summed E-state index contributed by atoms with van der Waals surface area (Å²) in [7, 11) is 0. The molecule has 1 aliphatic carbocycles. The molecule has 0 radical (unpaired) electrons. The van der Waals surface area contributed by atoms with Crippen molar-refractivity contribution >= 4 is 5.82 Å². The Balaban J connectivity index is 2.43. The third kappa shape index (κ3) is 1.28. The van der Waals surface area contributed by atoms with Crippen molar-refractivity contribution < 1.29 is 5.11 Å². The second kappa shape index (κ2) is 3.24. The first-order chi connectivity index (χ1) is 6.64. The van der Waals surface area contributed by atoms with Gasteiger partial charge in [0.25, 0.3) is 0 Å². The van der Waals surface area contributed by atoms with E-state index in [1.165, 1.54) is 0 Å². The lowest BCUT2D eigenvalue weighted by Crippen LogP contribution is -2.29. The topological polar surface area (TPSA) is 59.1 Å². The molecular formula is C11H16N2O. The molecule has 3 N–H and O–H groups in total. The van der Waals surface area contributed by atoms with Gasteiger partial charge < -0.3 is 10.8 Å². The van der Waals surface area contributed by atoms with Gasteiger partial charge in [0, 0.05) is 11.8 Å². The summed E-state index contributed by atoms with van der Waals surface area (Å²) >= 11 is 0. The molecule has 2 atom stereocenters. The van der Waals surface area contributed by atoms with Crippen LogP contribution in [0.15, 0.2) is 18.3 Å². The molecule has 1 aliphatic rings. The zero-order valence-corrected chi connectivity index (χ0v) is 8.40. The summed E-state index contributed by atoms with van der Waals surface area (Å²) in [5.74, 6) is 0.734. The van der Waals surface area contributed by atoms with Crippen molar-refractivity contribution in [1.82, 2.24) is 4.98 Å². The van der Waals surface area contributed by atoms with Gasteiger partial charge in [-0.2, -0.15) is 0 Å². The van der Waals surface area contributed by atoms with Crippen LogP contribution < -0.4 is 5.73 Å². The molecule has 3 heteroatoms. The number of pyridine rings is 1. The quantitative estimate of drug-likeness (QED) is 0.711. The van der Waals surface area contributed by atoms with E-state index in [9.17, 15) is 5.11 Å². The van der Waals surface area contributed by atoms with Gasteiger partial charge in [0.15, 0.2) is 0 Å². The number of rotatable bonds is 1. The number of hydrogen-bond donors (Lipinski definition) is 2. The molecule has 1 heterocycles. The van der Waals surface area contributed by atoms with Crippen molar-refractivity contribution in [2.75, 3.05) is 5.73 Å². The first-order valence-electron chi connectivity index (χ1n) is 5.08. The summed E-state index contributed by atoms with van der Waals surface area (Å²) in [6.45, 7) is 2.07. The molecule has 3 nitrogen and oxygen atoms in total. The van der Waals surface area contributed by atoms with Crippen molar-refractivity contribution in [1.29, 1.82) is 0 Å². The van der Waals surface area contributed by atoms with E-state index in [2.05, 4.69) is 11.9 Å². The standard InChI is InChI=1S/C11H16N2O/c1-8-4-2-6-11(8,14)9-5-3-7-13-10(9)12/h3,5,7-8,14H,2,4,6H2,1H3,(H2,12,13). The molecule has 0 amide bonds. The second-order valence-corrected chi connectivity index (χ2v) is 4.15. The highest BCUT2D eigenvalue weighted by atomic mass is 16.3. The van der Waals surface area contributed by atoms with Crippen molar-refractivity contribution in [3.63, 3.8) is 0 Å². The number of nitrogen functional groups attached to an aromatic ring is 1. The van der Waals surface area contributed by atoms with Crippen molar-refractivity contribution in [2.24, 2.45) is 5.92 Å². The van der Waals surface area contributed by atoms with Gasteiger partial charge in [0.1, 0.15) is 5.82 Å². The van der Waals surface area contributed by atoms with Gasteiger partial charge in [-0.15, -0.1) is 0 Å². The molecule has 0 aromatic carbocycles. The molecule has 1 fully saturated rings. The van der Waals surface area contributed by atoms with Crippen LogP contribution in [-0.2, 0) is 5.60 Å². The highest BCUT2D eigenvalue weighted by Gasteiger charge is 2.41. The van der Waals surface area contributed by atoms with Gasteiger partial charge in [-0.3, -0.25) is 0 Å². The molecule has 1 aromatic heterocycles. The molecule has 2 rings (SSSR count). The number of nitrogens with two attached hydrogens (primary N) is 1. The molecule has 1 saturated carbocycles. The van der Waals surface area contributed by atoms with Gasteiger partial charge in [-0.25, -0.2) is 4.98 Å². The summed E-state index contributed by atoms with van der Waals surface area (Å²) < 4.78 is 0. The van der Waals surface area contributed by atoms with Crippen molar-refractivity contribution in [2.45, 2.75) is 31.8 Å². The Morgan fingerprint density at radius 2 is 2.43 bits per heavy atom. The monoisotopic (exact) mass is 192 g/mol. The molecule has 0 spiro atoms. The molecule has 14 heavy (non-hydrogen) atoms. The van der Waals surface area contributed by atoms with Gasteiger partial charge in [-0.1, -0.05) is 13.0 Å². The minimum absolute atomic E-state index is 0.272. The van der Waals surface area contributed by atoms with Crippen molar-refractivity contribution in [3.8, 4) is 0 Å². The summed E-state index contributed by atoms with van der Waals surface area (Å²) in [5.41, 5.74) is 5.82. The van der Waals surface area contributed by atoms with Crippen LogP contribution in [0.5, 0.6) is 0 Å². The fraction of sp³-hybridized carbons (Fsp3) is 0.545. The smallest absolute Gasteiger partial charge is 0.129 e. The van der Waals surface area contributed by atoms with E-state index in [-0.39, 0.29) is 5.92 Å². The average molecular weight is 192 g/mol. The SMILES string of the molecule is CC1CCCC1(O)c1cccnc1N. The lowest BCUT2D eigenvalue weighted by atomic mass is 9.85. The summed E-state index contributed by atoms with van der Waals surface area (Å²) in [6.07, 6.45) is 4.57. The predicted octanol–water partition coefficient (Wildman–Crippen LogP) is 1.67. The Kier molecular flexibility index (Phi) is 2.19. The molecule has 0 saturated heterocycles. The third-order valence-corrected chi connectivity index (χ3v) is 3.32. The Labute approximate surface area is 84.0 Å². The van der Waals surface area contributed by atoms with Crippen LogP contribution in [0, 0.1) is 5.92 Å². The fourth-order valence-electron chi connectivity index (χ4n) is 2.35.